The Morgan fingerprint density at radius 2 is 2.14 bits per heavy atom. The van der Waals surface area contributed by atoms with Crippen LogP contribution in [0.5, 0.6) is 0 Å². The van der Waals surface area contributed by atoms with Crippen molar-refractivity contribution in [1.29, 1.82) is 0 Å². The van der Waals surface area contributed by atoms with Crippen molar-refractivity contribution in [3.05, 3.63) is 35.4 Å². The summed E-state index contributed by atoms with van der Waals surface area (Å²) >= 11 is 0. The molecule has 1 aliphatic heterocycles. The van der Waals surface area contributed by atoms with Crippen molar-refractivity contribution >= 4 is 18.3 Å². The first-order valence-electron chi connectivity index (χ1n) is 7.35. The highest BCUT2D eigenvalue weighted by molar-refractivity contribution is 5.85. The van der Waals surface area contributed by atoms with Crippen molar-refractivity contribution in [3.8, 4) is 0 Å². The fourth-order valence-electron chi connectivity index (χ4n) is 2.62. The Bertz CT molecular complexity index is 434. The molecule has 1 heterocycles. The standard InChI is InChI=1S/C16H24N2O2.ClH/c1-20-12-14-6-3-2-5-13(14)11-18-16(19)9-8-15-7-4-10-17-15;/h2-3,5-6,15,17H,4,7-12H2,1H3,(H,18,19);1H. The van der Waals surface area contributed by atoms with E-state index in [2.05, 4.69) is 10.6 Å². The highest BCUT2D eigenvalue weighted by Gasteiger charge is 2.15. The maximum atomic E-state index is 11.9. The van der Waals surface area contributed by atoms with Gasteiger partial charge in [-0.1, -0.05) is 24.3 Å². The zero-order chi connectivity index (χ0) is 14.2. The van der Waals surface area contributed by atoms with Crippen LogP contribution >= 0.6 is 12.4 Å². The zero-order valence-electron chi connectivity index (χ0n) is 12.6. The third-order valence-corrected chi connectivity index (χ3v) is 3.78. The second-order valence-corrected chi connectivity index (χ2v) is 5.31. The Morgan fingerprint density at radius 3 is 2.81 bits per heavy atom. The van der Waals surface area contributed by atoms with Crippen LogP contribution in [0.15, 0.2) is 24.3 Å². The molecule has 1 aromatic rings. The van der Waals surface area contributed by atoms with Crippen LogP contribution in [0.4, 0.5) is 0 Å². The molecule has 0 radical (unpaired) electrons. The van der Waals surface area contributed by atoms with E-state index in [-0.39, 0.29) is 18.3 Å². The van der Waals surface area contributed by atoms with Crippen molar-refractivity contribution in [1.82, 2.24) is 10.6 Å². The minimum atomic E-state index is 0. The quantitative estimate of drug-likeness (QED) is 0.813. The van der Waals surface area contributed by atoms with E-state index < -0.39 is 0 Å². The van der Waals surface area contributed by atoms with Gasteiger partial charge >= 0.3 is 0 Å². The van der Waals surface area contributed by atoms with E-state index in [9.17, 15) is 4.79 Å². The molecule has 1 atom stereocenters. The van der Waals surface area contributed by atoms with Crippen LogP contribution in [0.1, 0.15) is 36.8 Å². The number of ether oxygens (including phenoxy) is 1. The smallest absolute Gasteiger partial charge is 0.220 e. The SMILES string of the molecule is COCc1ccccc1CNC(=O)CCC1CCCN1.Cl. The van der Waals surface area contributed by atoms with Crippen molar-refractivity contribution < 1.29 is 9.53 Å². The fraction of sp³-hybridized carbons (Fsp3) is 0.562. The molecule has 1 unspecified atom stereocenters. The average Bonchev–Trinajstić information content (AvgIpc) is 2.98. The summed E-state index contributed by atoms with van der Waals surface area (Å²) in [5.41, 5.74) is 2.26. The average molecular weight is 313 g/mol. The molecule has 1 aliphatic rings. The molecule has 1 fully saturated rings. The molecule has 2 N–H and O–H groups in total. The monoisotopic (exact) mass is 312 g/mol. The molecule has 0 saturated carbocycles. The van der Waals surface area contributed by atoms with Gasteiger partial charge in [-0.2, -0.15) is 0 Å². The van der Waals surface area contributed by atoms with Crippen LogP contribution in [0.2, 0.25) is 0 Å². The molecule has 118 valence electrons. The number of halogens is 1. The largest absolute Gasteiger partial charge is 0.380 e. The summed E-state index contributed by atoms with van der Waals surface area (Å²) in [5.74, 6) is 0.130. The van der Waals surface area contributed by atoms with Gasteiger partial charge in [-0.25, -0.2) is 0 Å². The van der Waals surface area contributed by atoms with Gasteiger partial charge in [0.25, 0.3) is 0 Å². The van der Waals surface area contributed by atoms with E-state index in [0.29, 0.717) is 25.6 Å². The van der Waals surface area contributed by atoms with Gasteiger partial charge in [0.2, 0.25) is 5.91 Å². The lowest BCUT2D eigenvalue weighted by molar-refractivity contribution is -0.121. The molecule has 21 heavy (non-hydrogen) atoms. The van der Waals surface area contributed by atoms with Crippen LogP contribution in [0, 0.1) is 0 Å². The van der Waals surface area contributed by atoms with E-state index in [0.717, 1.165) is 24.1 Å². The summed E-state index contributed by atoms with van der Waals surface area (Å²) in [6.45, 7) is 2.26. The number of nitrogens with one attached hydrogen (secondary N) is 2. The van der Waals surface area contributed by atoms with Gasteiger partial charge < -0.3 is 15.4 Å². The number of carbonyl (C=O) groups excluding carboxylic acids is 1. The molecular formula is C16H25ClN2O2. The molecule has 0 aromatic heterocycles. The molecule has 1 aromatic carbocycles. The van der Waals surface area contributed by atoms with Gasteiger partial charge in [0.15, 0.2) is 0 Å². The lowest BCUT2D eigenvalue weighted by Crippen LogP contribution is -2.27. The van der Waals surface area contributed by atoms with Crippen molar-refractivity contribution in [3.63, 3.8) is 0 Å². The Labute approximate surface area is 133 Å². The highest BCUT2D eigenvalue weighted by Crippen LogP contribution is 2.12. The Morgan fingerprint density at radius 1 is 1.38 bits per heavy atom. The topological polar surface area (TPSA) is 50.4 Å². The second-order valence-electron chi connectivity index (χ2n) is 5.31. The lowest BCUT2D eigenvalue weighted by atomic mass is 10.1. The number of carbonyl (C=O) groups is 1. The first kappa shape index (κ1) is 18.0. The van der Waals surface area contributed by atoms with E-state index in [1.807, 2.05) is 24.3 Å². The van der Waals surface area contributed by atoms with Gasteiger partial charge in [0.05, 0.1) is 6.61 Å². The van der Waals surface area contributed by atoms with Gasteiger partial charge in [0.1, 0.15) is 0 Å². The summed E-state index contributed by atoms with van der Waals surface area (Å²) in [4.78, 5) is 11.9. The molecule has 1 amide bonds. The summed E-state index contributed by atoms with van der Waals surface area (Å²) < 4.78 is 5.17. The van der Waals surface area contributed by atoms with Crippen LogP contribution < -0.4 is 10.6 Å². The van der Waals surface area contributed by atoms with E-state index in [1.54, 1.807) is 7.11 Å². The molecular weight excluding hydrogens is 288 g/mol. The molecule has 5 heteroatoms. The molecule has 2 rings (SSSR count). The molecule has 0 aliphatic carbocycles. The van der Waals surface area contributed by atoms with Crippen molar-refractivity contribution in [2.75, 3.05) is 13.7 Å². The zero-order valence-corrected chi connectivity index (χ0v) is 13.4. The third-order valence-electron chi connectivity index (χ3n) is 3.78. The predicted molar refractivity (Wildman–Crippen MR) is 86.5 cm³/mol. The number of amides is 1. The normalized spacial score (nSPS) is 17.3. The fourth-order valence-corrected chi connectivity index (χ4v) is 2.62. The Balaban J connectivity index is 0.00000220. The molecule has 0 bridgehead atoms. The van der Waals surface area contributed by atoms with Crippen LogP contribution in [-0.4, -0.2) is 25.6 Å². The van der Waals surface area contributed by atoms with Gasteiger partial charge in [-0.05, 0) is 36.9 Å². The van der Waals surface area contributed by atoms with Crippen LogP contribution in [-0.2, 0) is 22.7 Å². The van der Waals surface area contributed by atoms with E-state index in [1.165, 1.54) is 12.8 Å². The lowest BCUT2D eigenvalue weighted by Gasteiger charge is -2.12. The third kappa shape index (κ3) is 6.04. The molecule has 4 nitrogen and oxygen atoms in total. The van der Waals surface area contributed by atoms with Crippen molar-refractivity contribution in [2.24, 2.45) is 0 Å². The van der Waals surface area contributed by atoms with Crippen molar-refractivity contribution in [2.45, 2.75) is 44.9 Å². The Kier molecular flexibility index (Phi) is 8.35. The number of methoxy groups -OCH3 is 1. The van der Waals surface area contributed by atoms with Crippen LogP contribution in [0.3, 0.4) is 0 Å². The number of benzene rings is 1. The maximum Gasteiger partial charge on any atom is 0.220 e. The summed E-state index contributed by atoms with van der Waals surface area (Å²) in [5, 5.41) is 6.41. The van der Waals surface area contributed by atoms with Gasteiger partial charge in [0, 0.05) is 26.1 Å². The number of hydrogen-bond acceptors (Lipinski definition) is 3. The first-order chi connectivity index (χ1) is 9.79. The second kappa shape index (κ2) is 9.77. The minimum absolute atomic E-state index is 0. The van der Waals surface area contributed by atoms with Crippen LogP contribution in [0.25, 0.3) is 0 Å². The molecule has 0 spiro atoms. The summed E-state index contributed by atoms with van der Waals surface area (Å²) in [6, 6.07) is 8.58. The number of hydrogen-bond donors (Lipinski definition) is 2. The van der Waals surface area contributed by atoms with Gasteiger partial charge in [-0.3, -0.25) is 4.79 Å². The van der Waals surface area contributed by atoms with E-state index in [4.69, 9.17) is 4.74 Å². The predicted octanol–water partition coefficient (Wildman–Crippen LogP) is 2.40. The maximum absolute atomic E-state index is 11.9. The minimum Gasteiger partial charge on any atom is -0.380 e. The Hall–Kier alpha value is -1.10. The highest BCUT2D eigenvalue weighted by atomic mass is 35.5. The molecule has 1 saturated heterocycles. The number of rotatable bonds is 7. The summed E-state index contributed by atoms with van der Waals surface area (Å²) in [6.07, 6.45) is 3.97. The first-order valence-corrected chi connectivity index (χ1v) is 7.35. The van der Waals surface area contributed by atoms with Gasteiger partial charge in [-0.15, -0.1) is 12.4 Å². The summed E-state index contributed by atoms with van der Waals surface area (Å²) in [7, 11) is 1.68. The van der Waals surface area contributed by atoms with E-state index >= 15 is 0 Å².